The van der Waals surface area contributed by atoms with Crippen molar-refractivity contribution in [3.8, 4) is 5.75 Å². The molecule has 2 aromatic rings. The van der Waals surface area contributed by atoms with Gasteiger partial charge in [0.05, 0.1) is 6.20 Å². The van der Waals surface area contributed by atoms with Crippen LogP contribution in [0.3, 0.4) is 0 Å². The van der Waals surface area contributed by atoms with Crippen molar-refractivity contribution in [2.24, 2.45) is 0 Å². The molecule has 0 amide bonds. The van der Waals surface area contributed by atoms with E-state index in [-0.39, 0.29) is 11.2 Å². The van der Waals surface area contributed by atoms with Crippen molar-refractivity contribution in [1.29, 1.82) is 0 Å². The van der Waals surface area contributed by atoms with Gasteiger partial charge in [-0.3, -0.25) is 9.69 Å². The molecule has 1 aromatic carbocycles. The minimum atomic E-state index is -0.282. The van der Waals surface area contributed by atoms with E-state index in [9.17, 15) is 9.90 Å². The Bertz CT molecular complexity index is 806. The van der Waals surface area contributed by atoms with Gasteiger partial charge < -0.3 is 9.67 Å². The molecule has 0 bridgehead atoms. The summed E-state index contributed by atoms with van der Waals surface area (Å²) < 4.78 is 2.00. The second-order valence-corrected chi connectivity index (χ2v) is 7.45. The summed E-state index contributed by atoms with van der Waals surface area (Å²) in [5.41, 5.74) is 3.67. The second-order valence-electron chi connectivity index (χ2n) is 7.45. The Hall–Kier alpha value is -2.07. The summed E-state index contributed by atoms with van der Waals surface area (Å²) in [6.45, 7) is 3.44. The zero-order valence-electron chi connectivity index (χ0n) is 14.7. The van der Waals surface area contributed by atoms with Gasteiger partial charge in [0.1, 0.15) is 0 Å². The predicted octanol–water partition coefficient (Wildman–Crippen LogP) is 3.62. The van der Waals surface area contributed by atoms with Crippen LogP contribution in [-0.2, 0) is 19.6 Å². The van der Waals surface area contributed by atoms with Crippen LogP contribution in [0.1, 0.15) is 54.8 Å². The van der Waals surface area contributed by atoms with E-state index >= 15 is 0 Å². The van der Waals surface area contributed by atoms with Crippen molar-refractivity contribution in [1.82, 2.24) is 9.47 Å². The van der Waals surface area contributed by atoms with E-state index in [1.807, 2.05) is 4.57 Å². The molecule has 0 unspecified atom stereocenters. The average Bonchev–Trinajstić information content (AvgIpc) is 2.64. The summed E-state index contributed by atoms with van der Waals surface area (Å²) in [6, 6.07) is 10.5. The van der Waals surface area contributed by atoms with E-state index in [0.29, 0.717) is 5.92 Å². The summed E-state index contributed by atoms with van der Waals surface area (Å²) in [5, 5.41) is 9.61. The van der Waals surface area contributed by atoms with E-state index < -0.39 is 0 Å². The van der Waals surface area contributed by atoms with Crippen LogP contribution in [0.4, 0.5) is 0 Å². The summed E-state index contributed by atoms with van der Waals surface area (Å²) in [5.74, 6) is 0.557. The third-order valence-electron chi connectivity index (χ3n) is 5.73. The number of pyridine rings is 1. The van der Waals surface area contributed by atoms with Gasteiger partial charge in [-0.15, -0.1) is 0 Å². The highest BCUT2D eigenvalue weighted by molar-refractivity contribution is 5.31. The van der Waals surface area contributed by atoms with Crippen molar-refractivity contribution in [2.75, 3.05) is 6.54 Å². The van der Waals surface area contributed by atoms with Crippen LogP contribution in [-0.4, -0.2) is 21.1 Å². The molecule has 0 radical (unpaired) electrons. The lowest BCUT2D eigenvalue weighted by Crippen LogP contribution is -2.35. The maximum atomic E-state index is 11.7. The number of hydrogen-bond acceptors (Lipinski definition) is 3. The number of benzene rings is 1. The number of aromatic nitrogens is 1. The van der Waals surface area contributed by atoms with E-state index in [1.165, 1.54) is 43.2 Å². The zero-order valence-corrected chi connectivity index (χ0v) is 14.7. The molecule has 1 aromatic heterocycles. The Morgan fingerprint density at radius 2 is 1.88 bits per heavy atom. The monoisotopic (exact) mass is 338 g/mol. The van der Waals surface area contributed by atoms with Gasteiger partial charge in [-0.2, -0.15) is 0 Å². The molecule has 4 nitrogen and oxygen atoms in total. The van der Waals surface area contributed by atoms with E-state index in [4.69, 9.17) is 0 Å². The van der Waals surface area contributed by atoms with Crippen LogP contribution >= 0.6 is 0 Å². The fourth-order valence-corrected chi connectivity index (χ4v) is 4.37. The Morgan fingerprint density at radius 1 is 1.08 bits per heavy atom. The molecule has 4 heteroatoms. The highest BCUT2D eigenvalue weighted by atomic mass is 16.3. The van der Waals surface area contributed by atoms with Gasteiger partial charge in [-0.05, 0) is 29.9 Å². The first-order chi connectivity index (χ1) is 12.2. The molecule has 0 atom stereocenters. The average molecular weight is 338 g/mol. The fourth-order valence-electron chi connectivity index (χ4n) is 4.37. The van der Waals surface area contributed by atoms with Crippen molar-refractivity contribution in [3.05, 3.63) is 63.6 Å². The summed E-state index contributed by atoms with van der Waals surface area (Å²) in [6.07, 6.45) is 8.28. The molecule has 132 valence electrons. The van der Waals surface area contributed by atoms with Crippen molar-refractivity contribution in [3.63, 3.8) is 0 Å². The zero-order chi connectivity index (χ0) is 17.2. The normalized spacial score (nSPS) is 18.9. The van der Waals surface area contributed by atoms with Crippen molar-refractivity contribution in [2.45, 2.75) is 57.7 Å². The largest absolute Gasteiger partial charge is 0.503 e. The summed E-state index contributed by atoms with van der Waals surface area (Å²) >= 11 is 0. The third kappa shape index (κ3) is 3.49. The number of rotatable bonds is 3. The number of nitrogens with zero attached hydrogens (tertiary/aromatic N) is 2. The van der Waals surface area contributed by atoms with Gasteiger partial charge in [-0.1, -0.05) is 43.5 Å². The summed E-state index contributed by atoms with van der Waals surface area (Å²) in [7, 11) is 0. The van der Waals surface area contributed by atoms with Crippen LogP contribution in [0.5, 0.6) is 5.75 Å². The molecule has 25 heavy (non-hydrogen) atoms. The molecular formula is C21H26N2O2. The molecule has 0 spiro atoms. The topological polar surface area (TPSA) is 45.5 Å². The van der Waals surface area contributed by atoms with Gasteiger partial charge in [0.15, 0.2) is 5.75 Å². The van der Waals surface area contributed by atoms with Gasteiger partial charge in [0.25, 0.3) is 0 Å². The van der Waals surface area contributed by atoms with Crippen LogP contribution in [0, 0.1) is 0 Å². The van der Waals surface area contributed by atoms with Gasteiger partial charge >= 0.3 is 0 Å². The van der Waals surface area contributed by atoms with Crippen LogP contribution in [0.15, 0.2) is 41.3 Å². The predicted molar refractivity (Wildman–Crippen MR) is 98.7 cm³/mol. The molecule has 2 heterocycles. The molecule has 1 aliphatic heterocycles. The molecule has 1 N–H and O–H groups in total. The molecule has 4 rings (SSSR count). The summed E-state index contributed by atoms with van der Waals surface area (Å²) in [4.78, 5) is 14.1. The minimum absolute atomic E-state index is 0.153. The molecule has 0 saturated heterocycles. The van der Waals surface area contributed by atoms with Gasteiger partial charge in [0.2, 0.25) is 5.43 Å². The lowest BCUT2D eigenvalue weighted by Gasteiger charge is -2.32. The van der Waals surface area contributed by atoms with E-state index in [2.05, 4.69) is 29.2 Å². The maximum absolute atomic E-state index is 11.7. The fraction of sp³-hybridized carbons (Fsp3) is 0.476. The van der Waals surface area contributed by atoms with Crippen LogP contribution in [0.25, 0.3) is 0 Å². The van der Waals surface area contributed by atoms with Crippen molar-refractivity contribution >= 4 is 0 Å². The molecule has 1 aliphatic carbocycles. The quantitative estimate of drug-likeness (QED) is 0.930. The Kier molecular flexibility index (Phi) is 4.62. The standard InChI is InChI=1S/C21H26N2O2/c24-20-12-18-14-22(10-11-23(18)15-21(20)25)13-17-8-4-5-9-19(17)16-6-2-1-3-7-16/h4-5,8-9,12,15-16,25H,1-3,6-7,10-11,13-14H2. The molecular weight excluding hydrogens is 312 g/mol. The van der Waals surface area contributed by atoms with Gasteiger partial charge in [-0.25, -0.2) is 0 Å². The lowest BCUT2D eigenvalue weighted by atomic mass is 9.82. The Morgan fingerprint density at radius 3 is 2.72 bits per heavy atom. The molecule has 1 fully saturated rings. The van der Waals surface area contributed by atoms with Crippen LogP contribution < -0.4 is 5.43 Å². The number of fused-ring (bicyclic) bond motifs is 1. The lowest BCUT2D eigenvalue weighted by molar-refractivity contribution is 0.209. The van der Waals surface area contributed by atoms with Crippen LogP contribution in [0.2, 0.25) is 0 Å². The number of hydrogen-bond donors (Lipinski definition) is 1. The first kappa shape index (κ1) is 16.4. The third-order valence-corrected chi connectivity index (χ3v) is 5.73. The molecule has 1 saturated carbocycles. The van der Waals surface area contributed by atoms with E-state index in [1.54, 1.807) is 12.3 Å². The molecule has 2 aliphatic rings. The van der Waals surface area contributed by atoms with E-state index in [0.717, 1.165) is 31.9 Å². The number of aromatic hydroxyl groups is 1. The maximum Gasteiger partial charge on any atom is 0.223 e. The SMILES string of the molecule is O=c1cc2n(cc1O)CCN(Cc1ccccc1C1CCCCC1)C2. The first-order valence-electron chi connectivity index (χ1n) is 9.43. The second kappa shape index (κ2) is 7.04. The highest BCUT2D eigenvalue weighted by Gasteiger charge is 2.21. The Labute approximate surface area is 148 Å². The Balaban J connectivity index is 1.53. The smallest absolute Gasteiger partial charge is 0.223 e. The van der Waals surface area contributed by atoms with Gasteiger partial charge in [0, 0.05) is 37.9 Å². The highest BCUT2D eigenvalue weighted by Crippen LogP contribution is 2.35. The van der Waals surface area contributed by atoms with Crippen molar-refractivity contribution < 1.29 is 5.11 Å². The minimum Gasteiger partial charge on any atom is -0.503 e. The first-order valence-corrected chi connectivity index (χ1v) is 9.43.